The van der Waals surface area contributed by atoms with Crippen LogP contribution in [0.25, 0.3) is 16.9 Å². The van der Waals surface area contributed by atoms with Crippen molar-refractivity contribution in [3.05, 3.63) is 36.2 Å². The van der Waals surface area contributed by atoms with Gasteiger partial charge in [-0.3, -0.25) is 4.57 Å². The number of hydrogen-bond donors (Lipinski definition) is 2. The largest absolute Gasteiger partial charge is 0.378 e. The monoisotopic (exact) mass is 443 g/mol. The number of nitrogens with zero attached hydrogens (tertiary/aromatic N) is 5. The third-order valence-corrected chi connectivity index (χ3v) is 6.05. The minimum atomic E-state index is -2.73. The van der Waals surface area contributed by atoms with Gasteiger partial charge < -0.3 is 20.3 Å². The highest BCUT2D eigenvalue weighted by atomic mass is 19.3. The van der Waals surface area contributed by atoms with Gasteiger partial charge in [0.1, 0.15) is 11.6 Å². The summed E-state index contributed by atoms with van der Waals surface area (Å²) in [5.74, 6) is 1.74. The van der Waals surface area contributed by atoms with Crippen molar-refractivity contribution in [2.45, 2.75) is 19.3 Å². The van der Waals surface area contributed by atoms with Crippen molar-refractivity contribution < 1.29 is 13.5 Å². The molecule has 2 fully saturated rings. The van der Waals surface area contributed by atoms with Crippen molar-refractivity contribution in [1.29, 1.82) is 0 Å². The molecule has 2 saturated heterocycles. The number of nitrogens with one attached hydrogen (secondary N) is 2. The van der Waals surface area contributed by atoms with Gasteiger partial charge in [-0.05, 0) is 44.0 Å². The molecule has 32 heavy (non-hydrogen) atoms. The van der Waals surface area contributed by atoms with Gasteiger partial charge in [0.25, 0.3) is 6.43 Å². The van der Waals surface area contributed by atoms with Gasteiger partial charge in [0.15, 0.2) is 5.82 Å². The summed E-state index contributed by atoms with van der Waals surface area (Å²) in [6.07, 6.45) is -0.551. The number of alkyl halides is 2. The fourth-order valence-electron chi connectivity index (χ4n) is 4.32. The number of ether oxygens (including phenoxy) is 1. The highest BCUT2D eigenvalue weighted by Gasteiger charge is 2.23. The number of morpholine rings is 1. The summed E-state index contributed by atoms with van der Waals surface area (Å²) in [6, 6.07) is 8.89. The minimum absolute atomic E-state index is 0.317. The fourth-order valence-corrected chi connectivity index (χ4v) is 4.32. The smallest absolute Gasteiger partial charge is 0.296 e. The number of hydrogen-bond acceptors (Lipinski definition) is 7. The zero-order chi connectivity index (χ0) is 21.9. The first kappa shape index (κ1) is 21.0. The lowest BCUT2D eigenvalue weighted by molar-refractivity contribution is 0.122. The molecule has 0 bridgehead atoms. The Balaban J connectivity index is 1.55. The molecule has 2 N–H and O–H groups in total. The molecule has 0 radical (unpaired) electrons. The Morgan fingerprint density at radius 1 is 1.06 bits per heavy atom. The fraction of sp³-hybridized carbons (Fsp3) is 0.500. The number of anilines is 2. The lowest BCUT2D eigenvalue weighted by atomic mass is 9.98. The minimum Gasteiger partial charge on any atom is -0.378 e. The summed E-state index contributed by atoms with van der Waals surface area (Å²) in [5.41, 5.74) is 1.11. The predicted octanol–water partition coefficient (Wildman–Crippen LogP) is 3.00. The van der Waals surface area contributed by atoms with Crippen LogP contribution in [0.3, 0.4) is 0 Å². The Bertz CT molecular complexity index is 1060. The van der Waals surface area contributed by atoms with Gasteiger partial charge in [-0.1, -0.05) is 12.1 Å². The van der Waals surface area contributed by atoms with Gasteiger partial charge in [0.2, 0.25) is 5.95 Å². The second-order valence-corrected chi connectivity index (χ2v) is 8.18. The summed E-state index contributed by atoms with van der Waals surface area (Å²) in [5, 5.41) is 6.73. The zero-order valence-corrected chi connectivity index (χ0v) is 17.8. The van der Waals surface area contributed by atoms with Crippen LogP contribution in [0.4, 0.5) is 20.5 Å². The van der Waals surface area contributed by atoms with Crippen LogP contribution in [0.2, 0.25) is 0 Å². The predicted molar refractivity (Wildman–Crippen MR) is 119 cm³/mol. The highest BCUT2D eigenvalue weighted by Crippen LogP contribution is 2.29. The van der Waals surface area contributed by atoms with E-state index in [1.807, 2.05) is 6.07 Å². The molecule has 2 aromatic heterocycles. The van der Waals surface area contributed by atoms with Gasteiger partial charge in [-0.2, -0.15) is 9.97 Å². The van der Waals surface area contributed by atoms with Gasteiger partial charge in [0.05, 0.1) is 24.2 Å². The molecule has 4 heterocycles. The van der Waals surface area contributed by atoms with Crippen molar-refractivity contribution >= 4 is 22.8 Å². The summed E-state index contributed by atoms with van der Waals surface area (Å²) < 4.78 is 34.8. The quantitative estimate of drug-likeness (QED) is 0.606. The molecule has 0 saturated carbocycles. The molecular formula is C22H27F2N7O. The maximum atomic E-state index is 13.9. The molecule has 1 aromatic carbocycles. The van der Waals surface area contributed by atoms with Gasteiger partial charge >= 0.3 is 0 Å². The second-order valence-electron chi connectivity index (χ2n) is 8.18. The van der Waals surface area contributed by atoms with E-state index in [2.05, 4.69) is 25.5 Å². The maximum Gasteiger partial charge on any atom is 0.296 e. The van der Waals surface area contributed by atoms with Crippen LogP contribution in [0, 0.1) is 5.92 Å². The zero-order valence-electron chi connectivity index (χ0n) is 17.8. The molecule has 2 aliphatic rings. The topological polar surface area (TPSA) is 80.1 Å². The first-order chi connectivity index (χ1) is 15.7. The number of aromatic nitrogens is 4. The van der Waals surface area contributed by atoms with E-state index < -0.39 is 6.43 Å². The Morgan fingerprint density at radius 2 is 1.81 bits per heavy atom. The van der Waals surface area contributed by atoms with Crippen molar-refractivity contribution in [1.82, 2.24) is 24.8 Å². The number of fused-ring (bicyclic) bond motifs is 1. The number of imidazole rings is 1. The van der Waals surface area contributed by atoms with E-state index in [1.165, 1.54) is 4.57 Å². The van der Waals surface area contributed by atoms with E-state index in [9.17, 15) is 8.78 Å². The molecule has 0 spiro atoms. The number of rotatable bonds is 6. The third-order valence-electron chi connectivity index (χ3n) is 6.05. The number of piperidine rings is 1. The van der Waals surface area contributed by atoms with Crippen LogP contribution in [0.5, 0.6) is 0 Å². The number of halogens is 2. The van der Waals surface area contributed by atoms with E-state index in [4.69, 9.17) is 9.72 Å². The first-order valence-electron chi connectivity index (χ1n) is 11.1. The highest BCUT2D eigenvalue weighted by molar-refractivity contribution is 5.78. The molecule has 5 rings (SSSR count). The molecule has 0 amide bonds. The van der Waals surface area contributed by atoms with Gasteiger partial charge in [-0.25, -0.2) is 13.8 Å². The Hall–Kier alpha value is -2.85. The van der Waals surface area contributed by atoms with Crippen LogP contribution in [0.1, 0.15) is 25.1 Å². The van der Waals surface area contributed by atoms with Crippen LogP contribution in [0.15, 0.2) is 30.3 Å². The average Bonchev–Trinajstić information content (AvgIpc) is 3.24. The van der Waals surface area contributed by atoms with Crippen LogP contribution >= 0.6 is 0 Å². The molecule has 0 aliphatic carbocycles. The Labute approximate surface area is 185 Å². The summed E-state index contributed by atoms with van der Waals surface area (Å²) >= 11 is 0. The normalized spacial score (nSPS) is 17.9. The summed E-state index contributed by atoms with van der Waals surface area (Å²) in [7, 11) is 0. The van der Waals surface area contributed by atoms with Gasteiger partial charge in [-0.15, -0.1) is 0 Å². The van der Waals surface area contributed by atoms with Crippen molar-refractivity contribution in [2.24, 2.45) is 5.92 Å². The standard InChI is InChI=1S/C22H27F2N7O/c23-20(24)21-27-16-3-1-2-4-17(16)31(21)19-13-18(30-9-11-32-12-10-30)28-22(29-19)26-14-15-5-7-25-8-6-15/h1-4,13,15,20,25H,5-12,14H2,(H,26,28,29). The molecule has 2 aliphatic heterocycles. The van der Waals surface area contributed by atoms with E-state index in [0.29, 0.717) is 60.8 Å². The maximum absolute atomic E-state index is 13.9. The van der Waals surface area contributed by atoms with E-state index in [1.54, 1.807) is 24.3 Å². The van der Waals surface area contributed by atoms with E-state index in [-0.39, 0.29) is 5.82 Å². The van der Waals surface area contributed by atoms with Crippen LogP contribution in [-0.2, 0) is 4.74 Å². The second kappa shape index (κ2) is 9.33. The van der Waals surface area contributed by atoms with Crippen LogP contribution in [-0.4, -0.2) is 65.5 Å². The number of benzene rings is 1. The third kappa shape index (κ3) is 4.37. The Kier molecular flexibility index (Phi) is 6.13. The average molecular weight is 444 g/mol. The molecule has 0 atom stereocenters. The van der Waals surface area contributed by atoms with Crippen LogP contribution < -0.4 is 15.5 Å². The molecule has 3 aromatic rings. The van der Waals surface area contributed by atoms with Crippen molar-refractivity contribution in [3.63, 3.8) is 0 Å². The Morgan fingerprint density at radius 3 is 2.59 bits per heavy atom. The SMILES string of the molecule is FC(F)c1nc2ccccc2n1-c1cc(N2CCOCC2)nc(NCC2CCNCC2)n1. The molecule has 10 heteroatoms. The van der Waals surface area contributed by atoms with E-state index >= 15 is 0 Å². The van der Waals surface area contributed by atoms with Crippen molar-refractivity contribution in [2.75, 3.05) is 56.2 Å². The molecule has 8 nitrogen and oxygen atoms in total. The molecule has 0 unspecified atom stereocenters. The first-order valence-corrected chi connectivity index (χ1v) is 11.1. The number of para-hydroxylation sites is 2. The lowest BCUT2D eigenvalue weighted by Crippen LogP contribution is -2.37. The van der Waals surface area contributed by atoms with E-state index in [0.717, 1.165) is 32.5 Å². The van der Waals surface area contributed by atoms with Gasteiger partial charge in [0, 0.05) is 25.7 Å². The summed E-state index contributed by atoms with van der Waals surface area (Å²) in [6.45, 7) is 5.35. The lowest BCUT2D eigenvalue weighted by Gasteiger charge is -2.28. The molecule has 170 valence electrons. The summed E-state index contributed by atoms with van der Waals surface area (Å²) in [4.78, 5) is 15.6. The van der Waals surface area contributed by atoms with Crippen molar-refractivity contribution in [3.8, 4) is 5.82 Å². The molecular weight excluding hydrogens is 416 g/mol.